The Morgan fingerprint density at radius 3 is 2.72 bits per heavy atom. The second kappa shape index (κ2) is 7.25. The summed E-state index contributed by atoms with van der Waals surface area (Å²) < 4.78 is 5.21. The molecule has 1 heterocycles. The maximum atomic E-state index is 11.1. The molecule has 1 saturated heterocycles. The van der Waals surface area contributed by atoms with Crippen molar-refractivity contribution >= 4 is 23.5 Å². The molecule has 25 heavy (non-hydrogen) atoms. The van der Waals surface area contributed by atoms with Gasteiger partial charge in [0.15, 0.2) is 11.5 Å². The number of phenols is 1. The zero-order chi connectivity index (χ0) is 18.9. The van der Waals surface area contributed by atoms with Crippen molar-refractivity contribution in [3.05, 3.63) is 33.4 Å². The van der Waals surface area contributed by atoms with Crippen LogP contribution in [0.15, 0.2) is 17.7 Å². The summed E-state index contributed by atoms with van der Waals surface area (Å²) >= 11 is 1.87. The number of phenolic OH excluding ortho intramolecular Hbond substituents is 1. The van der Waals surface area contributed by atoms with E-state index in [1.807, 2.05) is 24.8 Å². The van der Waals surface area contributed by atoms with Crippen LogP contribution < -0.4 is 4.74 Å². The summed E-state index contributed by atoms with van der Waals surface area (Å²) in [5, 5.41) is 21.6. The normalized spacial score (nSPS) is 24.2. The average molecular weight is 366 g/mol. The molecule has 6 nitrogen and oxygen atoms in total. The number of benzene rings is 1. The van der Waals surface area contributed by atoms with E-state index in [1.54, 1.807) is 0 Å². The van der Waals surface area contributed by atoms with Crippen LogP contribution in [0.4, 0.5) is 5.69 Å². The first kappa shape index (κ1) is 19.6. The van der Waals surface area contributed by atoms with Crippen LogP contribution in [0.1, 0.15) is 33.3 Å². The van der Waals surface area contributed by atoms with Gasteiger partial charge in [-0.3, -0.25) is 15.0 Å². The number of nitro groups is 1. The van der Waals surface area contributed by atoms with Crippen molar-refractivity contribution in [3.8, 4) is 11.5 Å². The van der Waals surface area contributed by atoms with Gasteiger partial charge in [-0.25, -0.2) is 0 Å². The molecule has 1 aliphatic rings. The van der Waals surface area contributed by atoms with Crippen LogP contribution in [-0.2, 0) is 0 Å². The number of aromatic hydroxyl groups is 1. The van der Waals surface area contributed by atoms with Crippen molar-refractivity contribution < 1.29 is 14.8 Å². The number of hydrogen-bond donors (Lipinski definition) is 1. The van der Waals surface area contributed by atoms with Gasteiger partial charge in [-0.15, -0.1) is 11.8 Å². The molecule has 0 amide bonds. The average Bonchev–Trinajstić information content (AvgIpc) is 2.52. The maximum Gasteiger partial charge on any atom is 0.274 e. The monoisotopic (exact) mass is 366 g/mol. The van der Waals surface area contributed by atoms with Gasteiger partial charge >= 0.3 is 0 Å². The molecule has 0 saturated carbocycles. The van der Waals surface area contributed by atoms with Crippen molar-refractivity contribution in [3.63, 3.8) is 0 Å². The number of nitrogens with zero attached hydrogens (tertiary/aromatic N) is 2. The summed E-state index contributed by atoms with van der Waals surface area (Å²) in [4.78, 5) is 12.9. The molecular weight excluding hydrogens is 340 g/mol. The van der Waals surface area contributed by atoms with E-state index in [1.165, 1.54) is 19.2 Å². The summed E-state index contributed by atoms with van der Waals surface area (Å²) in [7, 11) is 3.46. The van der Waals surface area contributed by atoms with Gasteiger partial charge in [0.05, 0.1) is 23.5 Å². The summed E-state index contributed by atoms with van der Waals surface area (Å²) in [5.41, 5.74) is 1.33. The number of nitro benzene ring substituents is 1. The quantitative estimate of drug-likeness (QED) is 0.638. The highest BCUT2D eigenvalue weighted by Gasteiger charge is 2.38. The number of thioether (sulfide) groups is 1. The molecule has 7 heteroatoms. The lowest BCUT2D eigenvalue weighted by Gasteiger charge is -2.46. The lowest BCUT2D eigenvalue weighted by molar-refractivity contribution is -0.385. The first-order valence-corrected chi connectivity index (χ1v) is 9.06. The molecule has 1 aromatic carbocycles. The minimum Gasteiger partial charge on any atom is -0.504 e. The number of ether oxygens (including phenoxy) is 1. The number of likely N-dealkylation sites (N-methyl/N-ethyl adjacent to an activating group) is 1. The molecule has 1 N–H and O–H groups in total. The molecule has 0 aromatic heterocycles. The summed E-state index contributed by atoms with van der Waals surface area (Å²) in [6.45, 7) is 9.69. The van der Waals surface area contributed by atoms with Crippen molar-refractivity contribution in [2.24, 2.45) is 5.92 Å². The number of methoxy groups -OCH3 is 1. The summed E-state index contributed by atoms with van der Waals surface area (Å²) in [5.74, 6) is 0.577. The van der Waals surface area contributed by atoms with Crippen LogP contribution in [0.3, 0.4) is 0 Å². The molecule has 0 spiro atoms. The molecule has 1 aromatic rings. The van der Waals surface area contributed by atoms with Crippen LogP contribution in [0, 0.1) is 16.0 Å². The Morgan fingerprint density at radius 2 is 2.16 bits per heavy atom. The highest BCUT2D eigenvalue weighted by molar-refractivity contribution is 8.01. The minimum absolute atomic E-state index is 0.0801. The maximum absolute atomic E-state index is 11.1. The first-order valence-electron chi connectivity index (χ1n) is 8.18. The van der Waals surface area contributed by atoms with Crippen molar-refractivity contribution in [2.75, 3.05) is 20.7 Å². The van der Waals surface area contributed by atoms with E-state index in [9.17, 15) is 15.2 Å². The second-order valence-electron chi connectivity index (χ2n) is 7.15. The Morgan fingerprint density at radius 1 is 1.52 bits per heavy atom. The van der Waals surface area contributed by atoms with Gasteiger partial charge in [-0.2, -0.15) is 0 Å². The van der Waals surface area contributed by atoms with E-state index in [0.717, 1.165) is 12.1 Å². The topological polar surface area (TPSA) is 75.8 Å². The molecule has 1 fully saturated rings. The molecule has 0 aliphatic carbocycles. The SMILES string of the molecule is COc1cc([N+](=O)[O-])cc(/C=C(\C)C2SC(C)(C)C(C)CN2C)c1O. The van der Waals surface area contributed by atoms with E-state index in [0.29, 0.717) is 11.5 Å². The summed E-state index contributed by atoms with van der Waals surface area (Å²) in [6, 6.07) is 2.61. The molecule has 2 unspecified atom stereocenters. The van der Waals surface area contributed by atoms with Crippen LogP contribution in [0.5, 0.6) is 11.5 Å². The van der Waals surface area contributed by atoms with Gasteiger partial charge < -0.3 is 9.84 Å². The Bertz CT molecular complexity index is 703. The first-order chi connectivity index (χ1) is 11.6. The largest absolute Gasteiger partial charge is 0.504 e. The minimum atomic E-state index is -0.485. The van der Waals surface area contributed by atoms with E-state index in [-0.39, 0.29) is 27.3 Å². The Labute approximate surface area is 153 Å². The molecule has 0 radical (unpaired) electrons. The number of rotatable bonds is 4. The van der Waals surface area contributed by atoms with Crippen molar-refractivity contribution in [1.82, 2.24) is 4.90 Å². The van der Waals surface area contributed by atoms with Crippen LogP contribution in [0.2, 0.25) is 0 Å². The smallest absolute Gasteiger partial charge is 0.274 e. The zero-order valence-corrected chi connectivity index (χ0v) is 16.4. The Kier molecular flexibility index (Phi) is 5.68. The predicted octanol–water partition coefficient (Wildman–Crippen LogP) is 4.13. The molecule has 1 aliphatic heterocycles. The third kappa shape index (κ3) is 4.10. The van der Waals surface area contributed by atoms with Crippen LogP contribution in [0.25, 0.3) is 6.08 Å². The van der Waals surface area contributed by atoms with Crippen LogP contribution >= 0.6 is 11.8 Å². The fraction of sp³-hybridized carbons (Fsp3) is 0.556. The van der Waals surface area contributed by atoms with Gasteiger partial charge in [0, 0.05) is 22.9 Å². The number of non-ortho nitro benzene ring substituents is 1. The lowest BCUT2D eigenvalue weighted by Crippen LogP contribution is -2.47. The molecular formula is C18H26N2O4S. The van der Waals surface area contributed by atoms with E-state index in [2.05, 4.69) is 32.7 Å². The lowest BCUT2D eigenvalue weighted by atomic mass is 9.95. The van der Waals surface area contributed by atoms with Gasteiger partial charge in [0.1, 0.15) is 0 Å². The predicted molar refractivity (Wildman–Crippen MR) is 102 cm³/mol. The molecule has 138 valence electrons. The third-order valence-electron chi connectivity index (χ3n) is 4.86. The molecule has 2 rings (SSSR count). The van der Waals surface area contributed by atoms with E-state index < -0.39 is 4.92 Å². The molecule has 0 bridgehead atoms. The standard InChI is InChI=1S/C18H26N2O4S/c1-11(17-19(5)10-12(2)18(3,4)25-17)7-13-8-14(20(22)23)9-15(24-6)16(13)21/h7-9,12,17,21H,10H2,1-6H3/b11-7+. The second-order valence-corrected chi connectivity index (χ2v) is 8.88. The zero-order valence-electron chi connectivity index (χ0n) is 15.6. The Balaban J connectivity index is 2.42. The van der Waals surface area contributed by atoms with Gasteiger partial charge in [-0.05, 0) is 31.5 Å². The summed E-state index contributed by atoms with van der Waals surface area (Å²) in [6.07, 6.45) is 1.81. The van der Waals surface area contributed by atoms with Gasteiger partial charge in [0.25, 0.3) is 5.69 Å². The van der Waals surface area contributed by atoms with Gasteiger partial charge in [0.2, 0.25) is 0 Å². The van der Waals surface area contributed by atoms with Crippen molar-refractivity contribution in [2.45, 2.75) is 37.8 Å². The fourth-order valence-corrected chi connectivity index (χ4v) is 4.39. The Hall–Kier alpha value is -1.73. The molecule has 2 atom stereocenters. The highest BCUT2D eigenvalue weighted by Crippen LogP contribution is 2.44. The fourth-order valence-electron chi connectivity index (χ4n) is 2.98. The third-order valence-corrected chi connectivity index (χ3v) is 6.82. The van der Waals surface area contributed by atoms with Crippen molar-refractivity contribution in [1.29, 1.82) is 0 Å². The van der Waals surface area contributed by atoms with E-state index in [4.69, 9.17) is 4.74 Å². The highest BCUT2D eigenvalue weighted by atomic mass is 32.2. The van der Waals surface area contributed by atoms with Gasteiger partial charge in [-0.1, -0.05) is 20.8 Å². The van der Waals surface area contributed by atoms with E-state index >= 15 is 0 Å². The number of hydrogen-bond acceptors (Lipinski definition) is 6. The van der Waals surface area contributed by atoms with Crippen LogP contribution in [-0.4, -0.2) is 45.8 Å².